The van der Waals surface area contributed by atoms with Gasteiger partial charge in [0.15, 0.2) is 0 Å². The Morgan fingerprint density at radius 1 is 0.941 bits per heavy atom. The molecule has 0 aromatic rings. The van der Waals surface area contributed by atoms with Gasteiger partial charge in [0.05, 0.1) is 26.4 Å². The van der Waals surface area contributed by atoms with E-state index < -0.39 is 0 Å². The van der Waals surface area contributed by atoms with Gasteiger partial charge in [0.25, 0.3) is 0 Å². The van der Waals surface area contributed by atoms with Gasteiger partial charge in [-0.3, -0.25) is 4.79 Å². The second-order valence-electron chi connectivity index (χ2n) is 3.67. The molecule has 0 unspecified atom stereocenters. The van der Waals surface area contributed by atoms with Crippen LogP contribution >= 0.6 is 0 Å². The van der Waals surface area contributed by atoms with Crippen molar-refractivity contribution in [2.24, 2.45) is 0 Å². The fourth-order valence-electron chi connectivity index (χ4n) is 1.12. The van der Waals surface area contributed by atoms with Gasteiger partial charge in [0.1, 0.15) is 0 Å². The van der Waals surface area contributed by atoms with E-state index in [0.29, 0.717) is 39.6 Å². The number of hydrogen-bond acceptors (Lipinski definition) is 4. The Labute approximate surface area is 104 Å². The topological polar surface area (TPSA) is 56.8 Å². The minimum atomic E-state index is 0.000382. The van der Waals surface area contributed by atoms with Crippen molar-refractivity contribution in [2.75, 3.05) is 46.2 Å². The third-order valence-corrected chi connectivity index (χ3v) is 1.93. The Bertz CT molecular complexity index is 176. The zero-order chi connectivity index (χ0) is 12.8. The fourth-order valence-corrected chi connectivity index (χ4v) is 1.12. The van der Waals surface area contributed by atoms with Gasteiger partial charge >= 0.3 is 0 Å². The molecule has 0 bridgehead atoms. The van der Waals surface area contributed by atoms with E-state index in [2.05, 4.69) is 12.2 Å². The van der Waals surface area contributed by atoms with E-state index in [-0.39, 0.29) is 5.91 Å². The third-order valence-electron chi connectivity index (χ3n) is 1.93. The van der Waals surface area contributed by atoms with Crippen LogP contribution in [0.3, 0.4) is 0 Å². The van der Waals surface area contributed by atoms with Crippen molar-refractivity contribution in [1.82, 2.24) is 5.32 Å². The lowest BCUT2D eigenvalue weighted by Crippen LogP contribution is -2.22. The van der Waals surface area contributed by atoms with E-state index in [1.807, 2.05) is 0 Å². The minimum absolute atomic E-state index is 0.000382. The summed E-state index contributed by atoms with van der Waals surface area (Å²) in [5.74, 6) is 0.000382. The zero-order valence-corrected chi connectivity index (χ0v) is 11.0. The van der Waals surface area contributed by atoms with Crippen LogP contribution in [0.5, 0.6) is 0 Å². The molecule has 0 aromatic heterocycles. The van der Waals surface area contributed by atoms with E-state index in [9.17, 15) is 4.79 Å². The number of carbonyl (C=O) groups is 1. The summed E-state index contributed by atoms with van der Waals surface area (Å²) < 4.78 is 15.9. The predicted octanol–water partition coefficient (Wildman–Crippen LogP) is 0.972. The lowest BCUT2D eigenvalue weighted by molar-refractivity contribution is -0.119. The van der Waals surface area contributed by atoms with Gasteiger partial charge in [-0.1, -0.05) is 6.92 Å². The van der Waals surface area contributed by atoms with Crippen LogP contribution in [0.15, 0.2) is 0 Å². The van der Waals surface area contributed by atoms with Gasteiger partial charge in [-0.25, -0.2) is 0 Å². The molecule has 1 amide bonds. The van der Waals surface area contributed by atoms with Gasteiger partial charge in [-0.15, -0.1) is 0 Å². The monoisotopic (exact) mass is 247 g/mol. The number of hydrogen-bond donors (Lipinski definition) is 1. The second-order valence-corrected chi connectivity index (χ2v) is 3.67. The Morgan fingerprint density at radius 3 is 2.00 bits per heavy atom. The summed E-state index contributed by atoms with van der Waals surface area (Å²) in [6.45, 7) is 8.15. The molecule has 0 aliphatic carbocycles. The second kappa shape index (κ2) is 13.4. The molecule has 5 nitrogen and oxygen atoms in total. The third kappa shape index (κ3) is 15.4. The summed E-state index contributed by atoms with van der Waals surface area (Å²) >= 11 is 0. The first-order valence-electron chi connectivity index (χ1n) is 6.25. The Morgan fingerprint density at radius 2 is 1.47 bits per heavy atom. The molecule has 0 aliphatic heterocycles. The van der Waals surface area contributed by atoms with Crippen molar-refractivity contribution >= 4 is 5.91 Å². The van der Waals surface area contributed by atoms with Gasteiger partial charge in [0, 0.05) is 26.7 Å². The molecule has 5 heteroatoms. The quantitative estimate of drug-likeness (QED) is 0.522. The summed E-state index contributed by atoms with van der Waals surface area (Å²) in [4.78, 5) is 10.5. The molecule has 0 fully saturated rings. The molecular formula is C12H25NO4. The van der Waals surface area contributed by atoms with Crippen LogP contribution in [-0.4, -0.2) is 52.1 Å². The van der Waals surface area contributed by atoms with E-state index >= 15 is 0 Å². The molecule has 0 heterocycles. The van der Waals surface area contributed by atoms with Crippen molar-refractivity contribution in [2.45, 2.75) is 26.7 Å². The van der Waals surface area contributed by atoms with Gasteiger partial charge < -0.3 is 19.5 Å². The van der Waals surface area contributed by atoms with Gasteiger partial charge in [-0.2, -0.15) is 0 Å². The maximum atomic E-state index is 10.5. The number of ether oxygens (including phenoxy) is 3. The van der Waals surface area contributed by atoms with E-state index in [1.165, 1.54) is 6.92 Å². The summed E-state index contributed by atoms with van der Waals surface area (Å²) in [5.41, 5.74) is 0. The molecule has 17 heavy (non-hydrogen) atoms. The molecule has 0 aliphatic rings. The largest absolute Gasteiger partial charge is 0.379 e. The van der Waals surface area contributed by atoms with Crippen LogP contribution in [0, 0.1) is 0 Å². The highest BCUT2D eigenvalue weighted by molar-refractivity contribution is 5.72. The van der Waals surface area contributed by atoms with Crippen LogP contribution in [0.4, 0.5) is 0 Å². The molecule has 0 atom stereocenters. The first kappa shape index (κ1) is 16.4. The van der Waals surface area contributed by atoms with Crippen LogP contribution in [-0.2, 0) is 19.0 Å². The standard InChI is InChI=1S/C12H25NO4/c1-3-6-15-8-10-17-11-9-16-7-4-5-13-12(2)14/h3-11H2,1-2H3,(H,13,14). The zero-order valence-electron chi connectivity index (χ0n) is 11.0. The Kier molecular flexibility index (Phi) is 12.9. The smallest absolute Gasteiger partial charge is 0.216 e. The van der Waals surface area contributed by atoms with E-state index in [0.717, 1.165) is 19.4 Å². The maximum absolute atomic E-state index is 10.5. The van der Waals surface area contributed by atoms with Crippen LogP contribution in [0.25, 0.3) is 0 Å². The molecular weight excluding hydrogens is 222 g/mol. The number of amides is 1. The Hall–Kier alpha value is -0.650. The average molecular weight is 247 g/mol. The van der Waals surface area contributed by atoms with E-state index in [1.54, 1.807) is 0 Å². The molecule has 0 saturated heterocycles. The summed E-state index contributed by atoms with van der Waals surface area (Å²) in [6, 6.07) is 0. The summed E-state index contributed by atoms with van der Waals surface area (Å²) in [7, 11) is 0. The van der Waals surface area contributed by atoms with Gasteiger partial charge in [-0.05, 0) is 12.8 Å². The number of carbonyl (C=O) groups excluding carboxylic acids is 1. The van der Waals surface area contributed by atoms with Crippen molar-refractivity contribution in [3.63, 3.8) is 0 Å². The summed E-state index contributed by atoms with van der Waals surface area (Å²) in [5, 5.41) is 2.71. The highest BCUT2D eigenvalue weighted by atomic mass is 16.5. The molecule has 0 radical (unpaired) electrons. The van der Waals surface area contributed by atoms with Crippen molar-refractivity contribution < 1.29 is 19.0 Å². The van der Waals surface area contributed by atoms with Crippen LogP contribution in [0.1, 0.15) is 26.7 Å². The first-order valence-corrected chi connectivity index (χ1v) is 6.25. The van der Waals surface area contributed by atoms with Crippen molar-refractivity contribution in [3.05, 3.63) is 0 Å². The summed E-state index contributed by atoms with van der Waals surface area (Å²) in [6.07, 6.45) is 1.87. The van der Waals surface area contributed by atoms with Crippen molar-refractivity contribution in [1.29, 1.82) is 0 Å². The fraction of sp³-hybridized carbons (Fsp3) is 0.917. The maximum Gasteiger partial charge on any atom is 0.216 e. The van der Waals surface area contributed by atoms with Crippen molar-refractivity contribution in [3.8, 4) is 0 Å². The first-order chi connectivity index (χ1) is 8.27. The van der Waals surface area contributed by atoms with Crippen LogP contribution in [0.2, 0.25) is 0 Å². The molecule has 102 valence electrons. The number of nitrogens with one attached hydrogen (secondary N) is 1. The normalized spacial score (nSPS) is 10.5. The molecule has 0 saturated carbocycles. The lowest BCUT2D eigenvalue weighted by Gasteiger charge is -2.06. The minimum Gasteiger partial charge on any atom is -0.379 e. The Balaban J connectivity index is 2.91. The van der Waals surface area contributed by atoms with E-state index in [4.69, 9.17) is 14.2 Å². The highest BCUT2D eigenvalue weighted by Gasteiger charge is 1.93. The SMILES string of the molecule is CCCOCCOCCOCCCNC(C)=O. The molecule has 1 N–H and O–H groups in total. The molecule has 0 rings (SSSR count). The average Bonchev–Trinajstić information content (AvgIpc) is 2.30. The highest BCUT2D eigenvalue weighted by Crippen LogP contribution is 1.85. The molecule has 0 spiro atoms. The number of rotatable bonds is 12. The van der Waals surface area contributed by atoms with Crippen LogP contribution < -0.4 is 5.32 Å². The molecule has 0 aromatic carbocycles. The lowest BCUT2D eigenvalue weighted by atomic mass is 10.4. The van der Waals surface area contributed by atoms with Gasteiger partial charge in [0.2, 0.25) is 5.91 Å². The predicted molar refractivity (Wildman–Crippen MR) is 66.0 cm³/mol.